The fraction of sp³-hybridized carbons (Fsp3) is 0.700. The molecule has 1 saturated heterocycles. The van der Waals surface area contributed by atoms with Gasteiger partial charge in [0, 0.05) is 24.5 Å². The number of hydrogen-bond acceptors (Lipinski definition) is 3. The van der Waals surface area contributed by atoms with E-state index in [1.165, 1.54) is 0 Å². The Balaban J connectivity index is 1.80. The Morgan fingerprint density at radius 2 is 1.59 bits per heavy atom. The maximum Gasteiger partial charge on any atom is 0.416 e. The van der Waals surface area contributed by atoms with E-state index >= 15 is 0 Å². The van der Waals surface area contributed by atoms with Gasteiger partial charge in [0.15, 0.2) is 0 Å². The lowest BCUT2D eigenvalue weighted by Crippen LogP contribution is -2.62. The summed E-state index contributed by atoms with van der Waals surface area (Å²) >= 11 is 0. The number of alkyl halides is 6. The highest BCUT2D eigenvalue weighted by atomic mass is 19.4. The molecule has 0 amide bonds. The van der Waals surface area contributed by atoms with Gasteiger partial charge in [-0.1, -0.05) is 0 Å². The lowest BCUT2D eigenvalue weighted by molar-refractivity contribution is -0.211. The maximum absolute atomic E-state index is 13.1. The fourth-order valence-electron chi connectivity index (χ4n) is 4.58. The third-order valence-electron chi connectivity index (χ3n) is 6.48. The van der Waals surface area contributed by atoms with Crippen LogP contribution in [0.2, 0.25) is 0 Å². The molecule has 3 atom stereocenters. The molecular weight excluding hydrogens is 400 g/mol. The lowest BCUT2D eigenvalue weighted by atomic mass is 9.58. The van der Waals surface area contributed by atoms with Crippen LogP contribution in [0.4, 0.5) is 26.3 Å². The van der Waals surface area contributed by atoms with Crippen molar-refractivity contribution in [3.63, 3.8) is 0 Å². The Labute approximate surface area is 165 Å². The molecule has 0 radical (unpaired) electrons. The Morgan fingerprint density at radius 1 is 1.07 bits per heavy atom. The van der Waals surface area contributed by atoms with Crippen molar-refractivity contribution in [2.24, 2.45) is 5.41 Å². The van der Waals surface area contributed by atoms with Crippen molar-refractivity contribution in [1.82, 2.24) is 4.90 Å². The number of aliphatic hydroxyl groups is 1. The lowest BCUT2D eigenvalue weighted by Gasteiger charge is -2.57. The maximum atomic E-state index is 13.1. The van der Waals surface area contributed by atoms with Crippen molar-refractivity contribution < 1.29 is 36.2 Å². The summed E-state index contributed by atoms with van der Waals surface area (Å²) < 4.78 is 84.5. The van der Waals surface area contributed by atoms with Crippen LogP contribution in [0.1, 0.15) is 55.8 Å². The van der Waals surface area contributed by atoms with E-state index in [9.17, 15) is 31.4 Å². The Morgan fingerprint density at radius 3 is 2.00 bits per heavy atom. The van der Waals surface area contributed by atoms with Crippen molar-refractivity contribution in [3.05, 3.63) is 34.9 Å². The van der Waals surface area contributed by atoms with Crippen LogP contribution in [-0.2, 0) is 17.1 Å². The van der Waals surface area contributed by atoms with Gasteiger partial charge in [0.2, 0.25) is 0 Å². The number of likely N-dealkylation sites (tertiary alicyclic amines) is 1. The summed E-state index contributed by atoms with van der Waals surface area (Å²) in [4.78, 5) is 1.87. The molecule has 0 bridgehead atoms. The molecule has 29 heavy (non-hydrogen) atoms. The number of piperidine rings is 1. The van der Waals surface area contributed by atoms with E-state index in [2.05, 4.69) is 0 Å². The van der Waals surface area contributed by atoms with Gasteiger partial charge >= 0.3 is 12.4 Å². The summed E-state index contributed by atoms with van der Waals surface area (Å²) in [6, 6.07) is 1.13. The summed E-state index contributed by atoms with van der Waals surface area (Å²) in [6.45, 7) is 4.97. The molecule has 2 aliphatic rings. The first-order valence-electron chi connectivity index (χ1n) is 9.71. The molecule has 3 nitrogen and oxygen atoms in total. The third kappa shape index (κ3) is 4.27. The molecule has 1 aliphatic carbocycles. The average Bonchev–Trinajstić information content (AvgIpc) is 2.65. The molecule has 0 unspecified atom stereocenters. The second kappa shape index (κ2) is 7.74. The number of nitrogens with zero attached hydrogens (tertiary/aromatic N) is 1. The summed E-state index contributed by atoms with van der Waals surface area (Å²) in [5.74, 6) is 0. The van der Waals surface area contributed by atoms with E-state index in [0.717, 1.165) is 12.1 Å². The molecular formula is C20H25F6NO2. The Kier molecular flexibility index (Phi) is 5.97. The third-order valence-corrected chi connectivity index (χ3v) is 6.48. The van der Waals surface area contributed by atoms with Gasteiger partial charge < -0.3 is 9.84 Å². The largest absolute Gasteiger partial charge is 0.416 e. The number of aliphatic hydroxyl groups excluding tert-OH is 1. The van der Waals surface area contributed by atoms with Crippen molar-refractivity contribution in [1.29, 1.82) is 0 Å². The predicted octanol–water partition coefficient (Wildman–Crippen LogP) is 5.04. The number of benzene rings is 1. The first-order chi connectivity index (χ1) is 13.4. The van der Waals surface area contributed by atoms with Crippen molar-refractivity contribution in [2.45, 2.75) is 63.7 Å². The Hall–Kier alpha value is -1.32. The highest BCUT2D eigenvalue weighted by Gasteiger charge is 2.56. The number of halogens is 6. The van der Waals surface area contributed by atoms with Crippen LogP contribution in [0.15, 0.2) is 18.2 Å². The SMILES string of the molecule is CCO[C@@H]1C[C@H](O)C12CCN([C@H](C)c1cc(C(F)(F)F)cc(C(F)(F)F)c1)CC2. The summed E-state index contributed by atoms with van der Waals surface area (Å²) in [5.41, 5.74) is -2.97. The zero-order valence-electron chi connectivity index (χ0n) is 16.3. The van der Waals surface area contributed by atoms with Gasteiger partial charge in [-0.2, -0.15) is 26.3 Å². The molecule has 1 N–H and O–H groups in total. The highest BCUT2D eigenvalue weighted by Crippen LogP contribution is 2.51. The molecule has 2 fully saturated rings. The van der Waals surface area contributed by atoms with E-state index in [1.54, 1.807) is 6.92 Å². The van der Waals surface area contributed by atoms with Crippen molar-refractivity contribution in [3.8, 4) is 0 Å². The van der Waals surface area contributed by atoms with Crippen LogP contribution in [0.3, 0.4) is 0 Å². The standard InChI is InChI=1S/C20H25F6NO2/c1-3-29-17-11-16(28)18(17)4-6-27(7-5-18)12(2)13-8-14(19(21,22)23)10-15(9-13)20(24,25)26/h8-10,12,16-17,28H,3-7,11H2,1-2H3/t12-,16+,17-/m1/s1. The molecule has 1 aliphatic heterocycles. The highest BCUT2D eigenvalue weighted by molar-refractivity contribution is 5.35. The van der Waals surface area contributed by atoms with Crippen LogP contribution in [0.5, 0.6) is 0 Å². The predicted molar refractivity (Wildman–Crippen MR) is 94.1 cm³/mol. The number of ether oxygens (including phenoxy) is 1. The zero-order chi connectivity index (χ0) is 21.6. The van der Waals surface area contributed by atoms with Crippen molar-refractivity contribution in [2.75, 3.05) is 19.7 Å². The van der Waals surface area contributed by atoms with Gasteiger partial charge in [-0.3, -0.25) is 4.90 Å². The molecule has 9 heteroatoms. The van der Waals surface area contributed by atoms with Crippen LogP contribution < -0.4 is 0 Å². The summed E-state index contributed by atoms with van der Waals surface area (Å²) in [5, 5.41) is 10.3. The molecule has 1 saturated carbocycles. The molecule has 1 aromatic rings. The van der Waals surface area contributed by atoms with E-state index in [-0.39, 0.29) is 23.1 Å². The normalized spacial score (nSPS) is 26.4. The topological polar surface area (TPSA) is 32.7 Å². The van der Waals surface area contributed by atoms with Crippen LogP contribution in [-0.4, -0.2) is 41.9 Å². The number of hydrogen-bond donors (Lipinski definition) is 1. The molecule has 3 rings (SSSR count). The van der Waals surface area contributed by atoms with Gasteiger partial charge in [-0.05, 0) is 63.5 Å². The molecule has 0 aromatic heterocycles. The average molecular weight is 425 g/mol. The molecule has 1 heterocycles. The van der Waals surface area contributed by atoms with Gasteiger partial charge in [-0.25, -0.2) is 0 Å². The van der Waals surface area contributed by atoms with Gasteiger partial charge in [-0.15, -0.1) is 0 Å². The van der Waals surface area contributed by atoms with E-state index in [1.807, 2.05) is 11.8 Å². The molecule has 1 spiro atoms. The first kappa shape index (κ1) is 22.4. The smallest absolute Gasteiger partial charge is 0.392 e. The minimum Gasteiger partial charge on any atom is -0.392 e. The van der Waals surface area contributed by atoms with Crippen LogP contribution >= 0.6 is 0 Å². The van der Waals surface area contributed by atoms with Gasteiger partial charge in [0.05, 0.1) is 23.3 Å². The molecule has 164 valence electrons. The molecule has 1 aromatic carbocycles. The number of rotatable bonds is 4. The quantitative estimate of drug-likeness (QED) is 0.687. The second-order valence-electron chi connectivity index (χ2n) is 7.98. The fourth-order valence-corrected chi connectivity index (χ4v) is 4.58. The van der Waals surface area contributed by atoms with Gasteiger partial charge in [0.25, 0.3) is 0 Å². The van der Waals surface area contributed by atoms with Crippen molar-refractivity contribution >= 4 is 0 Å². The minimum atomic E-state index is -4.86. The Bertz CT molecular complexity index is 690. The van der Waals surface area contributed by atoms with Crippen LogP contribution in [0, 0.1) is 5.41 Å². The first-order valence-corrected chi connectivity index (χ1v) is 9.71. The minimum absolute atomic E-state index is 0.0152. The zero-order valence-corrected chi connectivity index (χ0v) is 16.3. The van der Waals surface area contributed by atoms with Gasteiger partial charge in [0.1, 0.15) is 0 Å². The monoisotopic (exact) mass is 425 g/mol. The van der Waals surface area contributed by atoms with E-state index in [4.69, 9.17) is 4.74 Å². The second-order valence-corrected chi connectivity index (χ2v) is 7.98. The van der Waals surface area contributed by atoms with E-state index in [0.29, 0.717) is 39.0 Å². The summed E-state index contributed by atoms with van der Waals surface area (Å²) in [7, 11) is 0. The summed E-state index contributed by atoms with van der Waals surface area (Å²) in [6.07, 6.45) is -8.51. The van der Waals surface area contributed by atoms with Crippen LogP contribution in [0.25, 0.3) is 0 Å². The van der Waals surface area contributed by atoms with E-state index < -0.39 is 35.6 Å².